The van der Waals surface area contributed by atoms with Gasteiger partial charge in [-0.2, -0.15) is 0 Å². The third-order valence-electron chi connectivity index (χ3n) is 4.97. The van der Waals surface area contributed by atoms with Crippen LogP contribution in [0.3, 0.4) is 0 Å². The number of amides is 2. The fourth-order valence-electron chi connectivity index (χ4n) is 3.65. The van der Waals surface area contributed by atoms with Gasteiger partial charge in [0.2, 0.25) is 5.91 Å². The van der Waals surface area contributed by atoms with Crippen molar-refractivity contribution in [3.63, 3.8) is 0 Å². The molecule has 0 spiro atoms. The van der Waals surface area contributed by atoms with Crippen molar-refractivity contribution in [2.45, 2.75) is 39.2 Å². The first-order valence-corrected chi connectivity index (χ1v) is 8.85. The minimum absolute atomic E-state index is 0.101. The standard InChI is InChI=1S/C19H24N2O4/c1-3-25-19(24)14-7-9-20(10-8-14)16-12-17(22)21(18(16)23)15-6-4-5-13(2)11-15/h4-6,11,14,16H,3,7-10,12H2,1-2H3/t16-/m0/s1. The molecule has 2 amide bonds. The molecule has 2 aliphatic heterocycles. The molecule has 2 fully saturated rings. The van der Waals surface area contributed by atoms with E-state index in [-0.39, 0.29) is 30.1 Å². The number of esters is 1. The number of carbonyl (C=O) groups is 3. The Labute approximate surface area is 147 Å². The van der Waals surface area contributed by atoms with Gasteiger partial charge in [0.25, 0.3) is 5.91 Å². The average molecular weight is 344 g/mol. The number of rotatable bonds is 4. The maximum Gasteiger partial charge on any atom is 0.309 e. The second kappa shape index (κ2) is 7.35. The minimum atomic E-state index is -0.420. The molecular formula is C19H24N2O4. The van der Waals surface area contributed by atoms with Crippen LogP contribution in [0, 0.1) is 12.8 Å². The minimum Gasteiger partial charge on any atom is -0.466 e. The van der Waals surface area contributed by atoms with Gasteiger partial charge in [0, 0.05) is 0 Å². The summed E-state index contributed by atoms with van der Waals surface area (Å²) in [5.74, 6) is -0.577. The number of hydrogen-bond acceptors (Lipinski definition) is 5. The van der Waals surface area contributed by atoms with Crippen LogP contribution in [0.25, 0.3) is 0 Å². The molecule has 0 unspecified atom stereocenters. The molecule has 134 valence electrons. The number of aryl methyl sites for hydroxylation is 1. The number of imide groups is 1. The van der Waals surface area contributed by atoms with Gasteiger partial charge in [-0.15, -0.1) is 0 Å². The van der Waals surface area contributed by atoms with E-state index in [4.69, 9.17) is 4.74 Å². The van der Waals surface area contributed by atoms with Crippen molar-refractivity contribution in [2.75, 3.05) is 24.6 Å². The summed E-state index contributed by atoms with van der Waals surface area (Å²) in [5.41, 5.74) is 1.65. The molecule has 6 heteroatoms. The number of carbonyl (C=O) groups excluding carboxylic acids is 3. The lowest BCUT2D eigenvalue weighted by atomic mass is 9.95. The lowest BCUT2D eigenvalue weighted by Gasteiger charge is -2.33. The summed E-state index contributed by atoms with van der Waals surface area (Å²) >= 11 is 0. The maximum absolute atomic E-state index is 12.8. The molecule has 3 rings (SSSR count). The quantitative estimate of drug-likeness (QED) is 0.616. The van der Waals surface area contributed by atoms with Crippen LogP contribution in [-0.4, -0.2) is 48.4 Å². The first-order chi connectivity index (χ1) is 12.0. The molecule has 0 bridgehead atoms. The SMILES string of the molecule is CCOC(=O)C1CCN([C@H]2CC(=O)N(c3cccc(C)c3)C2=O)CC1. The first-order valence-electron chi connectivity index (χ1n) is 8.85. The Morgan fingerprint density at radius 2 is 1.96 bits per heavy atom. The van der Waals surface area contributed by atoms with E-state index in [0.29, 0.717) is 38.2 Å². The van der Waals surface area contributed by atoms with Crippen molar-refractivity contribution in [3.05, 3.63) is 29.8 Å². The summed E-state index contributed by atoms with van der Waals surface area (Å²) in [6.45, 7) is 5.39. The van der Waals surface area contributed by atoms with E-state index in [1.807, 2.05) is 30.0 Å². The van der Waals surface area contributed by atoms with Gasteiger partial charge in [-0.05, 0) is 57.5 Å². The predicted molar refractivity (Wildman–Crippen MR) is 93.0 cm³/mol. The summed E-state index contributed by atoms with van der Waals surface area (Å²) in [5, 5.41) is 0. The normalized spacial score (nSPS) is 22.5. The van der Waals surface area contributed by atoms with E-state index in [1.165, 1.54) is 4.90 Å². The largest absolute Gasteiger partial charge is 0.466 e. The van der Waals surface area contributed by atoms with Gasteiger partial charge in [0.15, 0.2) is 0 Å². The highest BCUT2D eigenvalue weighted by molar-refractivity contribution is 6.22. The van der Waals surface area contributed by atoms with Gasteiger partial charge >= 0.3 is 5.97 Å². The van der Waals surface area contributed by atoms with E-state index in [1.54, 1.807) is 13.0 Å². The molecule has 1 aromatic carbocycles. The van der Waals surface area contributed by atoms with Crippen molar-refractivity contribution in [1.29, 1.82) is 0 Å². The molecule has 1 aromatic rings. The second-order valence-corrected chi connectivity index (χ2v) is 6.69. The second-order valence-electron chi connectivity index (χ2n) is 6.69. The molecule has 25 heavy (non-hydrogen) atoms. The van der Waals surface area contributed by atoms with Crippen molar-refractivity contribution < 1.29 is 19.1 Å². The van der Waals surface area contributed by atoms with E-state index in [9.17, 15) is 14.4 Å². The molecule has 2 saturated heterocycles. The monoisotopic (exact) mass is 344 g/mol. The highest BCUT2D eigenvalue weighted by Gasteiger charge is 2.44. The molecule has 1 atom stereocenters. The van der Waals surface area contributed by atoms with Gasteiger partial charge in [-0.25, -0.2) is 4.90 Å². The Bertz CT molecular complexity index is 680. The zero-order valence-corrected chi connectivity index (χ0v) is 14.7. The Morgan fingerprint density at radius 1 is 1.24 bits per heavy atom. The first kappa shape index (κ1) is 17.6. The van der Waals surface area contributed by atoms with Crippen LogP contribution in [0.4, 0.5) is 5.69 Å². The van der Waals surface area contributed by atoms with E-state index in [2.05, 4.69) is 0 Å². The fourth-order valence-corrected chi connectivity index (χ4v) is 3.65. The van der Waals surface area contributed by atoms with Crippen LogP contribution >= 0.6 is 0 Å². The summed E-state index contributed by atoms with van der Waals surface area (Å²) in [7, 11) is 0. The third kappa shape index (κ3) is 3.58. The summed E-state index contributed by atoms with van der Waals surface area (Å²) in [6, 6.07) is 7.01. The zero-order chi connectivity index (χ0) is 18.0. The summed E-state index contributed by atoms with van der Waals surface area (Å²) < 4.78 is 5.08. The Kier molecular flexibility index (Phi) is 5.18. The molecule has 6 nitrogen and oxygen atoms in total. The van der Waals surface area contributed by atoms with Gasteiger partial charge in [-0.1, -0.05) is 12.1 Å². The number of hydrogen-bond donors (Lipinski definition) is 0. The molecule has 2 aliphatic rings. The maximum atomic E-state index is 12.8. The molecule has 0 N–H and O–H groups in total. The summed E-state index contributed by atoms with van der Waals surface area (Å²) in [4.78, 5) is 40.4. The Hall–Kier alpha value is -2.21. The Balaban J connectivity index is 1.66. The Morgan fingerprint density at radius 3 is 2.60 bits per heavy atom. The smallest absolute Gasteiger partial charge is 0.309 e. The van der Waals surface area contributed by atoms with E-state index < -0.39 is 6.04 Å². The topological polar surface area (TPSA) is 66.9 Å². The third-order valence-corrected chi connectivity index (χ3v) is 4.97. The average Bonchev–Trinajstić information content (AvgIpc) is 2.90. The number of likely N-dealkylation sites (tertiary alicyclic amines) is 1. The lowest BCUT2D eigenvalue weighted by molar-refractivity contribution is -0.149. The number of ether oxygens (including phenoxy) is 1. The molecule has 0 radical (unpaired) electrons. The van der Waals surface area contributed by atoms with Crippen LogP contribution in [0.2, 0.25) is 0 Å². The van der Waals surface area contributed by atoms with Crippen LogP contribution in [0.5, 0.6) is 0 Å². The van der Waals surface area contributed by atoms with Crippen LogP contribution in [0.15, 0.2) is 24.3 Å². The van der Waals surface area contributed by atoms with Crippen LogP contribution in [-0.2, 0) is 19.1 Å². The number of anilines is 1. The molecular weight excluding hydrogens is 320 g/mol. The van der Waals surface area contributed by atoms with Gasteiger partial charge in [-0.3, -0.25) is 19.3 Å². The molecule has 0 aromatic heterocycles. The fraction of sp³-hybridized carbons (Fsp3) is 0.526. The molecule has 2 heterocycles. The van der Waals surface area contributed by atoms with Crippen molar-refractivity contribution in [2.24, 2.45) is 5.92 Å². The van der Waals surface area contributed by atoms with Crippen LogP contribution < -0.4 is 4.90 Å². The van der Waals surface area contributed by atoms with E-state index in [0.717, 1.165) is 5.56 Å². The number of nitrogens with zero attached hydrogens (tertiary/aromatic N) is 2. The zero-order valence-electron chi connectivity index (χ0n) is 14.7. The molecule has 0 saturated carbocycles. The number of piperidine rings is 1. The summed E-state index contributed by atoms with van der Waals surface area (Å²) in [6.07, 6.45) is 1.54. The lowest BCUT2D eigenvalue weighted by Crippen LogP contribution is -2.47. The predicted octanol–water partition coefficient (Wildman–Crippen LogP) is 1.90. The highest BCUT2D eigenvalue weighted by Crippen LogP contribution is 2.29. The van der Waals surface area contributed by atoms with Crippen molar-refractivity contribution >= 4 is 23.5 Å². The van der Waals surface area contributed by atoms with Gasteiger partial charge < -0.3 is 4.74 Å². The van der Waals surface area contributed by atoms with Gasteiger partial charge in [0.05, 0.1) is 30.7 Å². The van der Waals surface area contributed by atoms with Crippen molar-refractivity contribution in [3.8, 4) is 0 Å². The van der Waals surface area contributed by atoms with Crippen molar-refractivity contribution in [1.82, 2.24) is 4.90 Å². The molecule has 0 aliphatic carbocycles. The van der Waals surface area contributed by atoms with E-state index >= 15 is 0 Å². The number of benzene rings is 1. The van der Waals surface area contributed by atoms with Crippen LogP contribution in [0.1, 0.15) is 31.7 Å². The van der Waals surface area contributed by atoms with Gasteiger partial charge in [0.1, 0.15) is 0 Å². The highest BCUT2D eigenvalue weighted by atomic mass is 16.5.